The number of nitrogens with zero attached hydrogens (tertiary/aromatic N) is 6. The number of pyridine rings is 2. The van der Waals surface area contributed by atoms with E-state index in [4.69, 9.17) is 18.9 Å². The summed E-state index contributed by atoms with van der Waals surface area (Å²) in [6.45, 7) is 9.80. The van der Waals surface area contributed by atoms with E-state index in [-0.39, 0.29) is 41.8 Å². The van der Waals surface area contributed by atoms with E-state index in [9.17, 15) is 26.7 Å². The Hall–Kier alpha value is -6.65. The van der Waals surface area contributed by atoms with Gasteiger partial charge >= 0.3 is 0 Å². The van der Waals surface area contributed by atoms with Gasteiger partial charge in [-0.25, -0.2) is 16.8 Å². The van der Waals surface area contributed by atoms with Gasteiger partial charge in [0.15, 0.2) is 23.0 Å². The van der Waals surface area contributed by atoms with E-state index in [1.807, 2.05) is 42.5 Å². The van der Waals surface area contributed by atoms with Crippen LogP contribution in [-0.4, -0.2) is 125 Å². The number of hydrogen-bond acceptors (Lipinski definition) is 16. The fourth-order valence-electron chi connectivity index (χ4n) is 9.70. The Bertz CT molecular complexity index is 3260. The minimum absolute atomic E-state index is 0.147. The minimum Gasteiger partial charge on any atom is -0.486 e. The quantitative estimate of drug-likeness (QED) is 0.164. The molecule has 1 unspecified atom stereocenters. The average molecular weight is 1020 g/mol. The number of nitrogens with one attached hydrogen (secondary N) is 2. The maximum atomic E-state index is 13.4. The summed E-state index contributed by atoms with van der Waals surface area (Å²) in [6.07, 6.45) is 2.39. The molecule has 20 heteroatoms. The van der Waals surface area contributed by atoms with E-state index >= 15 is 0 Å². The van der Waals surface area contributed by atoms with Crippen LogP contribution in [0.15, 0.2) is 119 Å². The van der Waals surface area contributed by atoms with Gasteiger partial charge in [0.1, 0.15) is 38.2 Å². The normalized spacial score (nSPS) is 18.1. The molecule has 12 rings (SSSR count). The fourth-order valence-corrected chi connectivity index (χ4v) is 12.5. The first-order valence-electron chi connectivity index (χ1n) is 24.1. The second-order valence-corrected chi connectivity index (χ2v) is 22.1. The van der Waals surface area contributed by atoms with Crippen LogP contribution in [0.5, 0.6) is 23.0 Å². The Morgan fingerprint density at radius 2 is 1.03 bits per heavy atom. The van der Waals surface area contributed by atoms with Gasteiger partial charge in [0.25, 0.3) is 0 Å². The van der Waals surface area contributed by atoms with Gasteiger partial charge in [0.2, 0.25) is 25.8 Å². The molecule has 0 aliphatic carbocycles. The highest BCUT2D eigenvalue weighted by molar-refractivity contribution is 7.89. The number of hydrogen-bond donors (Lipinski definition) is 3. The SMILES string of the molecule is O=C(c1cccc(N2CCNCC2)c1)c1cc2c(cn1)CN(S(=O)(=O)c1ccc3c(c1)OCCO3)C2.O=S(=O)(c1ccc2c(c1)OCCO2)N1Cc2cnc(C(O)c3cccc(N4CCNCC4)c3)cc2C1. The molecule has 4 aromatic carbocycles. The Balaban J connectivity index is 0.000000156. The molecule has 8 heterocycles. The zero-order valence-electron chi connectivity index (χ0n) is 39.4. The molecule has 2 aromatic heterocycles. The number of anilines is 2. The lowest BCUT2D eigenvalue weighted by molar-refractivity contribution is 0.103. The van der Waals surface area contributed by atoms with E-state index in [2.05, 4.69) is 36.5 Å². The molecule has 6 aromatic rings. The highest BCUT2D eigenvalue weighted by atomic mass is 32.2. The first-order chi connectivity index (χ1) is 35.0. The molecular formula is C52H54N8O10S2. The van der Waals surface area contributed by atoms with Crippen molar-refractivity contribution in [1.29, 1.82) is 0 Å². The van der Waals surface area contributed by atoms with E-state index in [1.54, 1.807) is 42.7 Å². The lowest BCUT2D eigenvalue weighted by Gasteiger charge is -2.30. The molecule has 3 N–H and O–H groups in total. The molecule has 2 saturated heterocycles. The molecule has 1 atom stereocenters. The minimum atomic E-state index is -3.77. The monoisotopic (exact) mass is 1010 g/mol. The molecular weight excluding hydrogens is 961 g/mol. The summed E-state index contributed by atoms with van der Waals surface area (Å²) in [5, 5.41) is 17.8. The predicted octanol–water partition coefficient (Wildman–Crippen LogP) is 4.25. The summed E-state index contributed by atoms with van der Waals surface area (Å²) in [5.41, 5.74) is 7.49. The number of carbonyl (C=O) groups is 1. The third-order valence-electron chi connectivity index (χ3n) is 13.6. The van der Waals surface area contributed by atoms with Gasteiger partial charge in [-0.05, 0) is 88.5 Å². The van der Waals surface area contributed by atoms with Crippen LogP contribution >= 0.6 is 0 Å². The van der Waals surface area contributed by atoms with Crippen molar-refractivity contribution < 1.29 is 45.7 Å². The van der Waals surface area contributed by atoms with E-state index in [1.165, 1.54) is 26.8 Å². The van der Waals surface area contributed by atoms with E-state index in [0.717, 1.165) is 91.6 Å². The molecule has 18 nitrogen and oxygen atoms in total. The summed E-state index contributed by atoms with van der Waals surface area (Å²) in [4.78, 5) is 27.0. The number of piperazine rings is 2. The van der Waals surface area contributed by atoms with Gasteiger partial charge in [-0.2, -0.15) is 8.61 Å². The van der Waals surface area contributed by atoms with Crippen molar-refractivity contribution in [3.8, 4) is 23.0 Å². The van der Waals surface area contributed by atoms with E-state index < -0.39 is 26.2 Å². The largest absolute Gasteiger partial charge is 0.486 e. The molecule has 0 saturated carbocycles. The number of ketones is 1. The van der Waals surface area contributed by atoms with Crippen LogP contribution in [0.25, 0.3) is 0 Å². The number of aliphatic hydroxyl groups excluding tert-OH is 1. The molecule has 0 radical (unpaired) electrons. The van der Waals surface area contributed by atoms with Crippen LogP contribution in [0.3, 0.4) is 0 Å². The third-order valence-corrected chi connectivity index (χ3v) is 17.2. The first-order valence-corrected chi connectivity index (χ1v) is 27.0. The maximum Gasteiger partial charge on any atom is 0.243 e. The molecule has 0 amide bonds. The molecule has 72 heavy (non-hydrogen) atoms. The summed E-state index contributed by atoms with van der Waals surface area (Å²) in [7, 11) is -7.52. The second-order valence-electron chi connectivity index (χ2n) is 18.2. The number of aromatic nitrogens is 2. The van der Waals surface area contributed by atoms with Crippen LogP contribution in [0.4, 0.5) is 11.4 Å². The van der Waals surface area contributed by atoms with Gasteiger partial charge in [0, 0.05) is 120 Å². The van der Waals surface area contributed by atoms with Gasteiger partial charge in [-0.1, -0.05) is 24.3 Å². The standard InChI is InChI=1S/C26H28N4O5S.C26H26N4O5S/c2*31-26(18-2-1-3-21(12-18)29-8-6-27-7-9-29)23-13-19-16-30(17-20(19)15-28-23)36(32,33)22-4-5-24-25(14-22)35-11-10-34-24/h1-5,12-15,26-27,31H,6-11,16-17H2;1-5,12-15,27H,6-11,16-17H2. The number of rotatable bonds is 10. The lowest BCUT2D eigenvalue weighted by atomic mass is 10.0. The van der Waals surface area contributed by atoms with Crippen LogP contribution < -0.4 is 39.4 Å². The molecule has 0 bridgehead atoms. The number of ether oxygens (including phenoxy) is 4. The third kappa shape index (κ3) is 9.70. The number of fused-ring (bicyclic) bond motifs is 4. The number of benzene rings is 4. The van der Waals surface area contributed by atoms with Crippen molar-refractivity contribution >= 4 is 37.2 Å². The molecule has 6 aliphatic heterocycles. The van der Waals surface area contributed by atoms with Crippen molar-refractivity contribution in [2.24, 2.45) is 0 Å². The zero-order valence-corrected chi connectivity index (χ0v) is 41.0. The molecule has 6 aliphatic rings. The number of sulfonamides is 2. The summed E-state index contributed by atoms with van der Waals surface area (Å²) in [6, 6.07) is 28.4. The smallest absolute Gasteiger partial charge is 0.243 e. The highest BCUT2D eigenvalue weighted by Gasteiger charge is 2.34. The average Bonchev–Trinajstić information content (AvgIpc) is 4.09. The summed E-state index contributed by atoms with van der Waals surface area (Å²) >= 11 is 0. The Kier molecular flexibility index (Phi) is 13.3. The maximum absolute atomic E-state index is 13.4. The topological polar surface area (TPSA) is 205 Å². The van der Waals surface area contributed by atoms with Gasteiger partial charge in [0.05, 0.1) is 15.5 Å². The molecule has 374 valence electrons. The van der Waals surface area contributed by atoms with Crippen molar-refractivity contribution in [3.05, 3.63) is 154 Å². The summed E-state index contributed by atoms with van der Waals surface area (Å²) < 4.78 is 78.4. The van der Waals surface area contributed by atoms with Crippen LogP contribution in [-0.2, 0) is 46.2 Å². The van der Waals surface area contributed by atoms with Crippen molar-refractivity contribution in [3.63, 3.8) is 0 Å². The first kappa shape index (κ1) is 47.7. The van der Waals surface area contributed by atoms with Crippen molar-refractivity contribution in [2.75, 3.05) is 88.6 Å². The summed E-state index contributed by atoms with van der Waals surface area (Å²) in [5.74, 6) is 1.78. The number of carbonyl (C=O) groups excluding carboxylic acids is 1. The Morgan fingerprint density at radius 3 is 1.60 bits per heavy atom. The van der Waals surface area contributed by atoms with Crippen LogP contribution in [0.1, 0.15) is 55.7 Å². The molecule has 0 spiro atoms. The second kappa shape index (κ2) is 20.1. The van der Waals surface area contributed by atoms with Gasteiger partial charge in [-0.15, -0.1) is 0 Å². The van der Waals surface area contributed by atoms with Crippen molar-refractivity contribution in [1.82, 2.24) is 29.2 Å². The zero-order chi connectivity index (χ0) is 49.4. The Labute approximate surface area is 418 Å². The number of aliphatic hydroxyl groups is 1. The van der Waals surface area contributed by atoms with E-state index in [0.29, 0.717) is 66.4 Å². The lowest BCUT2D eigenvalue weighted by Crippen LogP contribution is -2.43. The van der Waals surface area contributed by atoms with Crippen LogP contribution in [0, 0.1) is 0 Å². The molecule has 2 fully saturated rings. The predicted molar refractivity (Wildman–Crippen MR) is 267 cm³/mol. The Morgan fingerprint density at radius 1 is 0.542 bits per heavy atom. The van der Waals surface area contributed by atoms with Crippen molar-refractivity contribution in [2.45, 2.75) is 42.1 Å². The van der Waals surface area contributed by atoms with Gasteiger partial charge < -0.3 is 44.5 Å². The highest BCUT2D eigenvalue weighted by Crippen LogP contribution is 2.38. The van der Waals surface area contributed by atoms with Crippen LogP contribution in [0.2, 0.25) is 0 Å². The fraction of sp³-hybridized carbons (Fsp3) is 0.327. The van der Waals surface area contributed by atoms with Gasteiger partial charge in [-0.3, -0.25) is 14.8 Å².